The summed E-state index contributed by atoms with van der Waals surface area (Å²) in [5.74, 6) is 0. The largest absolute Gasteiger partial charge is 0.354 e. The molecule has 3 rings (SSSR count). The Morgan fingerprint density at radius 1 is 0.958 bits per heavy atom. The van der Waals surface area contributed by atoms with Gasteiger partial charge in [-0.2, -0.15) is 0 Å². The third-order valence-electron chi connectivity index (χ3n) is 4.72. The quantitative estimate of drug-likeness (QED) is 0.606. The molecule has 2 nitrogen and oxygen atoms in total. The van der Waals surface area contributed by atoms with E-state index in [1.165, 1.54) is 33.3 Å². The molecule has 2 heteroatoms. The molecule has 0 aliphatic rings. The summed E-state index contributed by atoms with van der Waals surface area (Å²) >= 11 is 0. The third kappa shape index (κ3) is 3.39. The highest BCUT2D eigenvalue weighted by atomic mass is 14.7. The first kappa shape index (κ1) is 16.8. The molecule has 0 spiro atoms. The van der Waals surface area contributed by atoms with E-state index in [1.54, 1.807) is 0 Å². The Kier molecular flexibility index (Phi) is 4.77. The van der Waals surface area contributed by atoms with Crippen LogP contribution in [0, 0.1) is 0 Å². The summed E-state index contributed by atoms with van der Waals surface area (Å²) in [6.07, 6.45) is 3.26. The number of aryl methyl sites for hydroxylation is 1. The summed E-state index contributed by atoms with van der Waals surface area (Å²) in [6, 6.07) is 17.5. The van der Waals surface area contributed by atoms with E-state index in [4.69, 9.17) is 5.73 Å². The molecule has 0 aliphatic heterocycles. The van der Waals surface area contributed by atoms with Crippen LogP contribution in [0.3, 0.4) is 0 Å². The molecule has 1 heterocycles. The van der Waals surface area contributed by atoms with Crippen LogP contribution < -0.4 is 5.73 Å². The van der Waals surface area contributed by atoms with Crippen LogP contribution in [0.5, 0.6) is 0 Å². The molecule has 24 heavy (non-hydrogen) atoms. The first-order valence-electron chi connectivity index (χ1n) is 8.91. The fourth-order valence-corrected chi connectivity index (χ4v) is 3.27. The summed E-state index contributed by atoms with van der Waals surface area (Å²) < 4.78 is 0. The van der Waals surface area contributed by atoms with Crippen molar-refractivity contribution in [2.75, 3.05) is 6.54 Å². The zero-order valence-corrected chi connectivity index (χ0v) is 15.0. The van der Waals surface area contributed by atoms with Crippen LogP contribution >= 0.6 is 0 Å². The molecule has 3 aromatic rings. The van der Waals surface area contributed by atoms with Crippen molar-refractivity contribution in [3.05, 3.63) is 59.7 Å². The summed E-state index contributed by atoms with van der Waals surface area (Å²) in [4.78, 5) is 3.65. The normalized spacial score (nSPS) is 12.0. The van der Waals surface area contributed by atoms with E-state index in [1.807, 2.05) is 0 Å². The Labute approximate surface area is 145 Å². The van der Waals surface area contributed by atoms with E-state index in [2.05, 4.69) is 74.3 Å². The lowest BCUT2D eigenvalue weighted by atomic mass is 9.86. The molecule has 0 atom stereocenters. The Morgan fingerprint density at radius 3 is 2.38 bits per heavy atom. The van der Waals surface area contributed by atoms with Gasteiger partial charge in [-0.3, -0.25) is 0 Å². The predicted molar refractivity (Wildman–Crippen MR) is 104 cm³/mol. The van der Waals surface area contributed by atoms with Gasteiger partial charge in [-0.15, -0.1) is 0 Å². The number of unbranched alkanes of at least 4 members (excludes halogenated alkanes) is 1. The molecule has 0 unspecified atom stereocenters. The Morgan fingerprint density at radius 2 is 1.71 bits per heavy atom. The number of aromatic amines is 1. The van der Waals surface area contributed by atoms with Gasteiger partial charge in [0.2, 0.25) is 0 Å². The van der Waals surface area contributed by atoms with Crippen molar-refractivity contribution < 1.29 is 0 Å². The standard InChI is InChI=1S/C22H28N2/c1-22(2,3)17-12-13-20-19(15-17)18(11-7-8-14-23)21(24-20)16-9-5-4-6-10-16/h4-6,9-10,12-13,15,24H,7-8,11,14,23H2,1-3H3. The van der Waals surface area contributed by atoms with Gasteiger partial charge < -0.3 is 10.7 Å². The van der Waals surface area contributed by atoms with E-state index in [0.29, 0.717) is 0 Å². The minimum absolute atomic E-state index is 0.160. The zero-order valence-electron chi connectivity index (χ0n) is 15.0. The van der Waals surface area contributed by atoms with Crippen molar-refractivity contribution in [3.63, 3.8) is 0 Å². The average Bonchev–Trinajstić information content (AvgIpc) is 2.93. The summed E-state index contributed by atoms with van der Waals surface area (Å²) in [7, 11) is 0. The Balaban J connectivity index is 2.14. The highest BCUT2D eigenvalue weighted by molar-refractivity contribution is 5.91. The van der Waals surface area contributed by atoms with Crippen molar-refractivity contribution >= 4 is 10.9 Å². The van der Waals surface area contributed by atoms with Crippen LogP contribution in [-0.2, 0) is 11.8 Å². The van der Waals surface area contributed by atoms with E-state index in [9.17, 15) is 0 Å². The lowest BCUT2D eigenvalue weighted by molar-refractivity contribution is 0.591. The fraction of sp³-hybridized carbons (Fsp3) is 0.364. The molecule has 0 radical (unpaired) electrons. The zero-order chi connectivity index (χ0) is 17.2. The molecule has 0 amide bonds. The number of nitrogens with one attached hydrogen (secondary N) is 1. The molecule has 0 bridgehead atoms. The first-order valence-corrected chi connectivity index (χ1v) is 8.91. The maximum Gasteiger partial charge on any atom is 0.0497 e. The van der Waals surface area contributed by atoms with Crippen molar-refractivity contribution in [2.45, 2.75) is 45.4 Å². The van der Waals surface area contributed by atoms with Gasteiger partial charge in [-0.1, -0.05) is 57.2 Å². The summed E-state index contributed by atoms with van der Waals surface area (Å²) in [6.45, 7) is 7.57. The maximum atomic E-state index is 5.70. The van der Waals surface area contributed by atoms with Crippen LogP contribution in [0.4, 0.5) is 0 Å². The highest BCUT2D eigenvalue weighted by Crippen LogP contribution is 2.34. The van der Waals surface area contributed by atoms with Gasteiger partial charge in [-0.25, -0.2) is 0 Å². The molecule has 0 aliphatic carbocycles. The number of aromatic nitrogens is 1. The number of hydrogen-bond acceptors (Lipinski definition) is 1. The number of fused-ring (bicyclic) bond motifs is 1. The number of rotatable bonds is 5. The van der Waals surface area contributed by atoms with Gasteiger partial charge in [0.15, 0.2) is 0 Å². The number of nitrogens with two attached hydrogens (primary N) is 1. The maximum absolute atomic E-state index is 5.70. The average molecular weight is 320 g/mol. The molecule has 0 saturated carbocycles. The second-order valence-electron chi connectivity index (χ2n) is 7.60. The van der Waals surface area contributed by atoms with E-state index >= 15 is 0 Å². The minimum Gasteiger partial charge on any atom is -0.354 e. The molecule has 2 aromatic carbocycles. The van der Waals surface area contributed by atoms with Crippen molar-refractivity contribution in [1.29, 1.82) is 0 Å². The molecule has 0 fully saturated rings. The van der Waals surface area contributed by atoms with Crippen molar-refractivity contribution in [2.24, 2.45) is 5.73 Å². The minimum atomic E-state index is 0.160. The Bertz CT molecular complexity index is 807. The topological polar surface area (TPSA) is 41.8 Å². The number of benzene rings is 2. The van der Waals surface area contributed by atoms with Gasteiger partial charge in [0.25, 0.3) is 0 Å². The number of H-pyrrole nitrogens is 1. The molecular weight excluding hydrogens is 292 g/mol. The molecule has 3 N–H and O–H groups in total. The molecule has 0 saturated heterocycles. The summed E-state index contributed by atoms with van der Waals surface area (Å²) in [5.41, 5.74) is 12.4. The fourth-order valence-electron chi connectivity index (χ4n) is 3.27. The van der Waals surface area contributed by atoms with E-state index in [-0.39, 0.29) is 5.41 Å². The van der Waals surface area contributed by atoms with Crippen molar-refractivity contribution in [1.82, 2.24) is 4.98 Å². The lowest BCUT2D eigenvalue weighted by Crippen LogP contribution is -2.10. The lowest BCUT2D eigenvalue weighted by Gasteiger charge is -2.19. The third-order valence-corrected chi connectivity index (χ3v) is 4.72. The summed E-state index contributed by atoms with van der Waals surface area (Å²) in [5, 5.41) is 1.36. The smallest absolute Gasteiger partial charge is 0.0497 e. The molecule has 126 valence electrons. The van der Waals surface area contributed by atoms with Crippen LogP contribution in [0.2, 0.25) is 0 Å². The molecule has 1 aromatic heterocycles. The van der Waals surface area contributed by atoms with Gasteiger partial charge >= 0.3 is 0 Å². The highest BCUT2D eigenvalue weighted by Gasteiger charge is 2.18. The van der Waals surface area contributed by atoms with Gasteiger partial charge in [0.1, 0.15) is 0 Å². The molecular formula is C22H28N2. The van der Waals surface area contributed by atoms with Gasteiger partial charge in [0, 0.05) is 16.6 Å². The second-order valence-corrected chi connectivity index (χ2v) is 7.60. The SMILES string of the molecule is CC(C)(C)c1ccc2[nH]c(-c3ccccc3)c(CCCCN)c2c1. The Hall–Kier alpha value is -2.06. The van der Waals surface area contributed by atoms with Gasteiger partial charge in [-0.05, 0) is 60.0 Å². The first-order chi connectivity index (χ1) is 11.5. The van der Waals surface area contributed by atoms with Crippen molar-refractivity contribution in [3.8, 4) is 11.3 Å². The van der Waals surface area contributed by atoms with E-state index in [0.717, 1.165) is 25.8 Å². The predicted octanol–water partition coefficient (Wildman–Crippen LogP) is 5.41. The van der Waals surface area contributed by atoms with E-state index < -0.39 is 0 Å². The van der Waals surface area contributed by atoms with Crippen LogP contribution in [0.1, 0.15) is 44.7 Å². The van der Waals surface area contributed by atoms with Crippen LogP contribution in [0.25, 0.3) is 22.2 Å². The van der Waals surface area contributed by atoms with Crippen LogP contribution in [0.15, 0.2) is 48.5 Å². The van der Waals surface area contributed by atoms with Crippen LogP contribution in [-0.4, -0.2) is 11.5 Å². The second kappa shape index (κ2) is 6.82. The van der Waals surface area contributed by atoms with Gasteiger partial charge in [0.05, 0.1) is 0 Å². The monoisotopic (exact) mass is 320 g/mol. The number of hydrogen-bond donors (Lipinski definition) is 2.